The van der Waals surface area contributed by atoms with Crippen LogP contribution in [0.2, 0.25) is 0 Å². The highest BCUT2D eigenvalue weighted by atomic mass is 32.2. The van der Waals surface area contributed by atoms with E-state index in [0.29, 0.717) is 30.8 Å². The average molecular weight is 419 g/mol. The Labute approximate surface area is 170 Å². The lowest BCUT2D eigenvalue weighted by atomic mass is 10.1. The first-order valence-electron chi connectivity index (χ1n) is 9.91. The summed E-state index contributed by atoms with van der Waals surface area (Å²) in [5.74, 6) is 0.537. The molecule has 2 fully saturated rings. The summed E-state index contributed by atoms with van der Waals surface area (Å²) < 4.78 is 33.0. The summed E-state index contributed by atoms with van der Waals surface area (Å²) in [5, 5.41) is 2.84. The van der Waals surface area contributed by atoms with Crippen LogP contribution >= 0.6 is 0 Å². The van der Waals surface area contributed by atoms with Crippen LogP contribution in [0, 0.1) is 6.92 Å². The third-order valence-corrected chi connectivity index (χ3v) is 7.54. The first-order valence-corrected chi connectivity index (χ1v) is 11.4. The number of hydrogen-bond donors (Lipinski definition) is 3. The van der Waals surface area contributed by atoms with Gasteiger partial charge in [-0.3, -0.25) is 4.79 Å². The van der Waals surface area contributed by atoms with Crippen LogP contribution in [0.4, 0.5) is 5.69 Å². The smallest absolute Gasteiger partial charge is 0.243 e. The lowest BCUT2D eigenvalue weighted by Crippen LogP contribution is -2.39. The molecule has 1 amide bonds. The standard InChI is InChI=1S/C20H26N4O4S/c1-14-7-8-15(12-19(14)29(26,27)24-9-3-2-4-10-24)21-20(25)17-13-16(22-23-17)18-6-5-11-28-18/h5-8,11-12,16-17,22-23H,2-4,9-10,13H2,1H3,(H,21,25). The van der Waals surface area contributed by atoms with E-state index >= 15 is 0 Å². The number of piperidine rings is 1. The zero-order chi connectivity index (χ0) is 20.4. The second kappa shape index (κ2) is 8.27. The van der Waals surface area contributed by atoms with E-state index < -0.39 is 16.1 Å². The highest BCUT2D eigenvalue weighted by Crippen LogP contribution is 2.27. The molecule has 0 radical (unpaired) electrons. The number of sulfonamides is 1. The number of rotatable bonds is 5. The Morgan fingerprint density at radius 3 is 2.69 bits per heavy atom. The van der Waals surface area contributed by atoms with E-state index in [1.54, 1.807) is 41.8 Å². The second-order valence-electron chi connectivity index (χ2n) is 7.58. The van der Waals surface area contributed by atoms with Crippen molar-refractivity contribution in [3.05, 3.63) is 47.9 Å². The molecule has 29 heavy (non-hydrogen) atoms. The zero-order valence-corrected chi connectivity index (χ0v) is 17.2. The van der Waals surface area contributed by atoms with E-state index in [9.17, 15) is 13.2 Å². The lowest BCUT2D eigenvalue weighted by molar-refractivity contribution is -0.117. The maximum Gasteiger partial charge on any atom is 0.243 e. The zero-order valence-electron chi connectivity index (χ0n) is 16.3. The molecule has 2 aliphatic heterocycles. The van der Waals surface area contributed by atoms with Gasteiger partial charge >= 0.3 is 0 Å². The van der Waals surface area contributed by atoms with Gasteiger partial charge in [-0.15, -0.1) is 0 Å². The monoisotopic (exact) mass is 418 g/mol. The van der Waals surface area contributed by atoms with Crippen molar-refractivity contribution in [3.8, 4) is 0 Å². The number of carbonyl (C=O) groups excluding carboxylic acids is 1. The minimum Gasteiger partial charge on any atom is -0.468 e. The number of nitrogens with zero attached hydrogens (tertiary/aromatic N) is 1. The number of hydrogen-bond acceptors (Lipinski definition) is 6. The van der Waals surface area contributed by atoms with Crippen LogP contribution in [-0.2, 0) is 14.8 Å². The fourth-order valence-corrected chi connectivity index (χ4v) is 5.60. The number of carbonyl (C=O) groups is 1. The molecular formula is C20H26N4O4S. The van der Waals surface area contributed by atoms with Gasteiger partial charge in [0.05, 0.1) is 17.2 Å². The third kappa shape index (κ3) is 4.23. The SMILES string of the molecule is Cc1ccc(NC(=O)C2CC(c3ccco3)NN2)cc1S(=O)(=O)N1CCCCC1. The molecule has 2 unspecified atom stereocenters. The topological polar surface area (TPSA) is 104 Å². The first-order chi connectivity index (χ1) is 13.9. The Kier molecular flexibility index (Phi) is 5.73. The largest absolute Gasteiger partial charge is 0.468 e. The number of amides is 1. The molecule has 1 aromatic heterocycles. The Bertz CT molecular complexity index is 968. The highest BCUT2D eigenvalue weighted by molar-refractivity contribution is 7.89. The molecule has 8 nitrogen and oxygen atoms in total. The van der Waals surface area contributed by atoms with Gasteiger partial charge < -0.3 is 9.73 Å². The van der Waals surface area contributed by atoms with Crippen LogP contribution < -0.4 is 16.2 Å². The number of furan rings is 1. The van der Waals surface area contributed by atoms with Gasteiger partial charge in [0.1, 0.15) is 11.8 Å². The van der Waals surface area contributed by atoms with Crippen molar-refractivity contribution >= 4 is 21.6 Å². The summed E-state index contributed by atoms with van der Waals surface area (Å²) in [6, 6.07) is 8.15. The molecule has 3 N–H and O–H groups in total. The van der Waals surface area contributed by atoms with Crippen LogP contribution in [0.25, 0.3) is 0 Å². The lowest BCUT2D eigenvalue weighted by Gasteiger charge is -2.26. The van der Waals surface area contributed by atoms with Gasteiger partial charge in [-0.25, -0.2) is 19.3 Å². The Balaban J connectivity index is 1.47. The summed E-state index contributed by atoms with van der Waals surface area (Å²) in [6.45, 7) is 2.87. The van der Waals surface area contributed by atoms with Gasteiger partial charge in [0.15, 0.2) is 0 Å². The van der Waals surface area contributed by atoms with E-state index in [0.717, 1.165) is 25.0 Å². The van der Waals surface area contributed by atoms with E-state index in [1.807, 2.05) is 6.07 Å². The molecule has 2 saturated heterocycles. The third-order valence-electron chi connectivity index (χ3n) is 5.49. The summed E-state index contributed by atoms with van der Waals surface area (Å²) in [7, 11) is -3.57. The van der Waals surface area contributed by atoms with Crippen molar-refractivity contribution in [2.75, 3.05) is 18.4 Å². The van der Waals surface area contributed by atoms with E-state index in [4.69, 9.17) is 4.42 Å². The average Bonchev–Trinajstić information content (AvgIpc) is 3.42. The molecule has 3 heterocycles. The molecule has 1 aromatic carbocycles. The van der Waals surface area contributed by atoms with Crippen molar-refractivity contribution in [1.29, 1.82) is 0 Å². The minimum absolute atomic E-state index is 0.0891. The molecule has 0 spiro atoms. The van der Waals surface area contributed by atoms with Crippen LogP contribution in [0.15, 0.2) is 45.9 Å². The molecule has 156 valence electrons. The quantitative estimate of drug-likeness (QED) is 0.688. The van der Waals surface area contributed by atoms with Crippen LogP contribution in [0.1, 0.15) is 43.0 Å². The molecule has 2 atom stereocenters. The molecule has 2 aromatic rings. The maximum atomic E-state index is 13.1. The van der Waals surface area contributed by atoms with Crippen LogP contribution in [-0.4, -0.2) is 37.8 Å². The van der Waals surface area contributed by atoms with Crippen molar-refractivity contribution in [2.24, 2.45) is 0 Å². The number of aryl methyl sites for hydroxylation is 1. The Morgan fingerprint density at radius 2 is 1.97 bits per heavy atom. The van der Waals surface area contributed by atoms with E-state index in [1.165, 1.54) is 0 Å². The van der Waals surface area contributed by atoms with Gasteiger partial charge in [0.2, 0.25) is 15.9 Å². The molecule has 9 heteroatoms. The summed E-state index contributed by atoms with van der Waals surface area (Å²) in [5.41, 5.74) is 7.18. The predicted molar refractivity (Wildman–Crippen MR) is 109 cm³/mol. The Hall–Kier alpha value is -2.20. The molecule has 0 aliphatic carbocycles. The molecular weight excluding hydrogens is 392 g/mol. The Morgan fingerprint density at radius 1 is 1.17 bits per heavy atom. The number of hydrazine groups is 1. The normalized spacial score (nSPS) is 23.2. The molecule has 0 saturated carbocycles. The summed E-state index contributed by atoms with van der Waals surface area (Å²) in [4.78, 5) is 12.9. The number of nitrogens with one attached hydrogen (secondary N) is 3. The van der Waals surface area contributed by atoms with Crippen molar-refractivity contribution < 1.29 is 17.6 Å². The highest BCUT2D eigenvalue weighted by Gasteiger charge is 2.32. The number of benzene rings is 1. The fraction of sp³-hybridized carbons (Fsp3) is 0.450. The summed E-state index contributed by atoms with van der Waals surface area (Å²) in [6.07, 6.45) is 4.95. The van der Waals surface area contributed by atoms with Crippen molar-refractivity contribution in [3.63, 3.8) is 0 Å². The van der Waals surface area contributed by atoms with Crippen molar-refractivity contribution in [1.82, 2.24) is 15.2 Å². The van der Waals surface area contributed by atoms with Gasteiger partial charge in [-0.1, -0.05) is 12.5 Å². The predicted octanol–water partition coefficient (Wildman–Crippen LogP) is 2.31. The maximum absolute atomic E-state index is 13.1. The van der Waals surface area contributed by atoms with E-state index in [2.05, 4.69) is 16.2 Å². The summed E-state index contributed by atoms with van der Waals surface area (Å²) >= 11 is 0. The van der Waals surface area contributed by atoms with Gasteiger partial charge in [-0.05, 0) is 56.0 Å². The van der Waals surface area contributed by atoms with Crippen molar-refractivity contribution in [2.45, 2.75) is 49.6 Å². The fourth-order valence-electron chi connectivity index (χ4n) is 3.83. The van der Waals surface area contributed by atoms with Gasteiger partial charge in [0, 0.05) is 18.8 Å². The second-order valence-corrected chi connectivity index (χ2v) is 9.49. The molecule has 4 rings (SSSR count). The van der Waals surface area contributed by atoms with E-state index in [-0.39, 0.29) is 16.8 Å². The van der Waals surface area contributed by atoms with Crippen LogP contribution in [0.5, 0.6) is 0 Å². The molecule has 2 aliphatic rings. The van der Waals surface area contributed by atoms with Gasteiger partial charge in [0.25, 0.3) is 0 Å². The van der Waals surface area contributed by atoms with Gasteiger partial charge in [-0.2, -0.15) is 4.31 Å². The number of anilines is 1. The first kappa shape index (κ1) is 20.1. The minimum atomic E-state index is -3.57. The molecule has 0 bridgehead atoms. The van der Waals surface area contributed by atoms with Crippen LogP contribution in [0.3, 0.4) is 0 Å².